The highest BCUT2D eigenvalue weighted by molar-refractivity contribution is 6.06. The predicted octanol–water partition coefficient (Wildman–Crippen LogP) is 14.4. The fraction of sp³-hybridized carbons (Fsp3) is 0.0172. The first-order chi connectivity index (χ1) is 30.7. The van der Waals surface area contributed by atoms with Crippen LogP contribution in [0.15, 0.2) is 217 Å². The first kappa shape index (κ1) is 34.6. The van der Waals surface area contributed by atoms with Gasteiger partial charge in [-0.05, 0) is 103 Å². The molecule has 2 aliphatic rings. The summed E-state index contributed by atoms with van der Waals surface area (Å²) in [7, 11) is 0. The average molecular weight is 790 g/mol. The molecule has 0 radical (unpaired) electrons. The number of hydrogen-bond acceptors (Lipinski definition) is 4. The van der Waals surface area contributed by atoms with Crippen LogP contribution in [0.25, 0.3) is 101 Å². The molecule has 0 unspecified atom stereocenters. The molecular weight excluding hydrogens is 755 g/mol. The van der Waals surface area contributed by atoms with Gasteiger partial charge in [0.05, 0.1) is 5.41 Å². The Labute approximate surface area is 358 Å². The van der Waals surface area contributed by atoms with E-state index in [4.69, 9.17) is 19.4 Å². The Morgan fingerprint density at radius 3 is 1.39 bits per heavy atom. The Balaban J connectivity index is 1.05. The van der Waals surface area contributed by atoms with Gasteiger partial charge in [0.25, 0.3) is 0 Å². The summed E-state index contributed by atoms with van der Waals surface area (Å²) in [6.07, 6.45) is 0. The second-order valence-corrected chi connectivity index (χ2v) is 16.3. The smallest absolute Gasteiger partial charge is 0.164 e. The maximum Gasteiger partial charge on any atom is 0.164 e. The normalized spacial score (nSPS) is 13.0. The van der Waals surface area contributed by atoms with Crippen molar-refractivity contribution in [2.45, 2.75) is 5.41 Å². The van der Waals surface area contributed by atoms with Crippen LogP contribution in [0.2, 0.25) is 0 Å². The van der Waals surface area contributed by atoms with Crippen LogP contribution in [0.3, 0.4) is 0 Å². The number of benzene rings is 9. The topological polar surface area (TPSA) is 51.8 Å². The van der Waals surface area contributed by atoms with E-state index in [1.54, 1.807) is 0 Å². The van der Waals surface area contributed by atoms with Crippen LogP contribution in [-0.4, -0.2) is 15.0 Å². The Hall–Kier alpha value is -8.21. The lowest BCUT2D eigenvalue weighted by atomic mass is 9.66. The summed E-state index contributed by atoms with van der Waals surface area (Å²) in [4.78, 5) is 15.8. The Kier molecular flexibility index (Phi) is 7.49. The quantitative estimate of drug-likeness (QED) is 0.178. The van der Waals surface area contributed by atoms with Crippen molar-refractivity contribution < 1.29 is 4.42 Å². The van der Waals surface area contributed by atoms with E-state index in [2.05, 4.69) is 182 Å². The molecule has 2 aliphatic carbocycles. The van der Waals surface area contributed by atoms with Gasteiger partial charge in [-0.15, -0.1) is 0 Å². The standard InChI is InChI=1S/C58H35N3O/c1-2-15-36(16-3-1)37-17-14-18-38(33-37)55-59-56(61-57(60-55)40-30-32-54-48(35-40)46-24-9-13-28-53(46)62-54)39-29-31-52-47(34-39)45-23-8-12-27-51(45)58(52)49-25-10-6-21-43(49)41-19-4-5-20-42(41)44-22-7-11-26-50(44)58/h1-35H. The largest absolute Gasteiger partial charge is 0.456 e. The highest BCUT2D eigenvalue weighted by Crippen LogP contribution is 2.61. The molecule has 9 aromatic carbocycles. The van der Waals surface area contributed by atoms with E-state index in [-0.39, 0.29) is 0 Å². The number of aromatic nitrogens is 3. The molecule has 0 fully saturated rings. The monoisotopic (exact) mass is 789 g/mol. The third-order valence-corrected chi connectivity index (χ3v) is 13.0. The van der Waals surface area contributed by atoms with Crippen molar-refractivity contribution in [2.24, 2.45) is 0 Å². The molecule has 0 saturated carbocycles. The third-order valence-electron chi connectivity index (χ3n) is 13.0. The van der Waals surface area contributed by atoms with E-state index in [1.165, 1.54) is 55.6 Å². The van der Waals surface area contributed by atoms with Crippen LogP contribution in [0.5, 0.6) is 0 Å². The van der Waals surface area contributed by atoms with E-state index in [9.17, 15) is 0 Å². The zero-order chi connectivity index (χ0) is 40.8. The van der Waals surface area contributed by atoms with Gasteiger partial charge in [0.15, 0.2) is 17.5 Å². The molecule has 288 valence electrons. The minimum absolute atomic E-state index is 0.563. The van der Waals surface area contributed by atoms with Crippen molar-refractivity contribution in [1.29, 1.82) is 0 Å². The lowest BCUT2D eigenvalue weighted by molar-refractivity contribution is 0.669. The van der Waals surface area contributed by atoms with Gasteiger partial charge >= 0.3 is 0 Å². The number of rotatable bonds is 4. The summed E-state index contributed by atoms with van der Waals surface area (Å²) >= 11 is 0. The van der Waals surface area contributed by atoms with Gasteiger partial charge in [0.2, 0.25) is 0 Å². The molecule has 1 spiro atoms. The second-order valence-electron chi connectivity index (χ2n) is 16.3. The second kappa shape index (κ2) is 13.4. The molecule has 0 aliphatic heterocycles. The SMILES string of the molecule is c1ccc(-c2cccc(-c3nc(-c4ccc5c(c4)-c4ccccc4C54c5ccccc5-c5ccccc5-c5ccccc54)nc(-c4ccc5oc6ccccc6c5c4)n3)c2)cc1. The highest BCUT2D eigenvalue weighted by atomic mass is 16.3. The Morgan fingerprint density at radius 1 is 0.274 bits per heavy atom. The molecule has 62 heavy (non-hydrogen) atoms. The summed E-state index contributed by atoms with van der Waals surface area (Å²) < 4.78 is 6.22. The summed E-state index contributed by atoms with van der Waals surface area (Å²) in [5, 5.41) is 2.09. The van der Waals surface area contributed by atoms with Crippen LogP contribution < -0.4 is 0 Å². The molecule has 0 amide bonds. The molecule has 13 rings (SSSR count). The fourth-order valence-corrected chi connectivity index (χ4v) is 10.3. The van der Waals surface area contributed by atoms with Gasteiger partial charge in [-0.2, -0.15) is 0 Å². The average Bonchev–Trinajstić information content (AvgIpc) is 3.84. The fourth-order valence-electron chi connectivity index (χ4n) is 10.3. The zero-order valence-corrected chi connectivity index (χ0v) is 33.5. The number of furan rings is 1. The third kappa shape index (κ3) is 5.04. The van der Waals surface area contributed by atoms with Gasteiger partial charge in [-0.3, -0.25) is 0 Å². The van der Waals surface area contributed by atoms with Gasteiger partial charge < -0.3 is 4.42 Å². The molecule has 0 bridgehead atoms. The molecule has 0 saturated heterocycles. The van der Waals surface area contributed by atoms with E-state index in [1.807, 2.05) is 30.3 Å². The Morgan fingerprint density at radius 2 is 0.726 bits per heavy atom. The molecule has 0 N–H and O–H groups in total. The minimum atomic E-state index is -0.563. The van der Waals surface area contributed by atoms with E-state index in [0.717, 1.165) is 49.8 Å². The zero-order valence-electron chi connectivity index (χ0n) is 33.5. The van der Waals surface area contributed by atoms with Crippen molar-refractivity contribution >= 4 is 21.9 Å². The first-order valence-electron chi connectivity index (χ1n) is 21.1. The van der Waals surface area contributed by atoms with Crippen LogP contribution in [-0.2, 0) is 5.41 Å². The molecular formula is C58H35N3O. The maximum absolute atomic E-state index is 6.22. The summed E-state index contributed by atoms with van der Waals surface area (Å²) in [6, 6.07) is 75.9. The Bertz CT molecular complexity index is 3540. The van der Waals surface area contributed by atoms with Crippen molar-refractivity contribution in [2.75, 3.05) is 0 Å². The van der Waals surface area contributed by atoms with E-state index >= 15 is 0 Å². The molecule has 2 aromatic heterocycles. The lowest BCUT2D eigenvalue weighted by Crippen LogP contribution is -2.29. The molecule has 0 atom stereocenters. The van der Waals surface area contributed by atoms with Crippen molar-refractivity contribution in [1.82, 2.24) is 15.0 Å². The number of nitrogens with zero attached hydrogens (tertiary/aromatic N) is 3. The van der Waals surface area contributed by atoms with E-state index in [0.29, 0.717) is 17.5 Å². The van der Waals surface area contributed by atoms with Crippen molar-refractivity contribution in [3.8, 4) is 78.7 Å². The van der Waals surface area contributed by atoms with Gasteiger partial charge in [-0.1, -0.05) is 176 Å². The number of fused-ring (bicyclic) bond motifs is 15. The number of hydrogen-bond donors (Lipinski definition) is 0. The molecule has 4 nitrogen and oxygen atoms in total. The number of para-hydroxylation sites is 1. The minimum Gasteiger partial charge on any atom is -0.456 e. The van der Waals surface area contributed by atoms with Gasteiger partial charge in [0, 0.05) is 27.5 Å². The first-order valence-corrected chi connectivity index (χ1v) is 21.1. The summed E-state index contributed by atoms with van der Waals surface area (Å²) in [6.45, 7) is 0. The molecule has 4 heteroatoms. The summed E-state index contributed by atoms with van der Waals surface area (Å²) in [5.74, 6) is 1.83. The maximum atomic E-state index is 6.22. The summed E-state index contributed by atoms with van der Waals surface area (Å²) in [5.41, 5.74) is 18.6. The molecule has 11 aromatic rings. The van der Waals surface area contributed by atoms with Crippen molar-refractivity contribution in [3.05, 3.63) is 235 Å². The van der Waals surface area contributed by atoms with Gasteiger partial charge in [0.1, 0.15) is 11.2 Å². The van der Waals surface area contributed by atoms with Crippen LogP contribution in [0, 0.1) is 0 Å². The molecule has 2 heterocycles. The lowest BCUT2D eigenvalue weighted by Gasteiger charge is -2.35. The van der Waals surface area contributed by atoms with E-state index < -0.39 is 5.41 Å². The predicted molar refractivity (Wildman–Crippen MR) is 251 cm³/mol. The van der Waals surface area contributed by atoms with Gasteiger partial charge in [-0.25, -0.2) is 15.0 Å². The van der Waals surface area contributed by atoms with Crippen LogP contribution >= 0.6 is 0 Å². The highest BCUT2D eigenvalue weighted by Gasteiger charge is 2.49. The van der Waals surface area contributed by atoms with Crippen LogP contribution in [0.4, 0.5) is 0 Å². The van der Waals surface area contributed by atoms with Crippen LogP contribution in [0.1, 0.15) is 22.3 Å². The van der Waals surface area contributed by atoms with Crippen molar-refractivity contribution in [3.63, 3.8) is 0 Å².